The summed E-state index contributed by atoms with van der Waals surface area (Å²) in [4.78, 5) is 9.23. The van der Waals surface area contributed by atoms with Crippen molar-refractivity contribution in [1.82, 2.24) is 19.7 Å². The lowest BCUT2D eigenvalue weighted by molar-refractivity contribution is 0.532. The van der Waals surface area contributed by atoms with Gasteiger partial charge in [-0.3, -0.25) is 4.68 Å². The van der Waals surface area contributed by atoms with Gasteiger partial charge in [0.1, 0.15) is 5.82 Å². The topological polar surface area (TPSA) is 55.6 Å². The van der Waals surface area contributed by atoms with Crippen molar-refractivity contribution in [1.29, 1.82) is 0 Å². The van der Waals surface area contributed by atoms with Crippen LogP contribution in [0.15, 0.2) is 16.9 Å². The first-order valence-corrected chi connectivity index (χ1v) is 7.53. The zero-order valence-corrected chi connectivity index (χ0v) is 14.1. The van der Waals surface area contributed by atoms with Gasteiger partial charge in [-0.15, -0.1) is 0 Å². The van der Waals surface area contributed by atoms with E-state index in [9.17, 15) is 0 Å². The van der Waals surface area contributed by atoms with E-state index in [2.05, 4.69) is 64.0 Å². The summed E-state index contributed by atoms with van der Waals surface area (Å²) >= 11 is 3.57. The molecule has 5 nitrogen and oxygen atoms in total. The summed E-state index contributed by atoms with van der Waals surface area (Å²) < 4.78 is 2.84. The Labute approximate surface area is 128 Å². The second kappa shape index (κ2) is 5.91. The van der Waals surface area contributed by atoms with Crippen LogP contribution in [0.4, 0.5) is 5.82 Å². The van der Waals surface area contributed by atoms with Crippen LogP contribution in [-0.2, 0) is 0 Å². The fourth-order valence-electron chi connectivity index (χ4n) is 1.88. The maximum Gasteiger partial charge on any atom is 0.165 e. The Bertz CT molecular complexity index is 604. The van der Waals surface area contributed by atoms with E-state index in [1.165, 1.54) is 0 Å². The van der Waals surface area contributed by atoms with E-state index in [4.69, 9.17) is 0 Å². The van der Waals surface area contributed by atoms with Gasteiger partial charge in [0.25, 0.3) is 0 Å². The quantitative estimate of drug-likeness (QED) is 0.920. The van der Waals surface area contributed by atoms with Crippen LogP contribution in [0, 0.1) is 0 Å². The number of anilines is 1. The average molecular weight is 338 g/mol. The summed E-state index contributed by atoms with van der Waals surface area (Å²) in [7, 11) is 1.86. The van der Waals surface area contributed by atoms with Crippen molar-refractivity contribution < 1.29 is 0 Å². The molecule has 0 aliphatic carbocycles. The first-order valence-electron chi connectivity index (χ1n) is 6.73. The van der Waals surface area contributed by atoms with Gasteiger partial charge < -0.3 is 5.32 Å². The van der Waals surface area contributed by atoms with E-state index in [1.54, 1.807) is 0 Å². The molecular weight excluding hydrogens is 318 g/mol. The van der Waals surface area contributed by atoms with Gasteiger partial charge in [0.15, 0.2) is 5.82 Å². The normalized spacial score (nSPS) is 11.4. The number of nitrogens with one attached hydrogen (secondary N) is 1. The SMILES string of the molecule is CNc1nc(-c2cnn(C(C)C)c2)nc(C(C)C)c1Br. The van der Waals surface area contributed by atoms with Crippen LogP contribution in [0.5, 0.6) is 0 Å². The molecule has 0 unspecified atom stereocenters. The van der Waals surface area contributed by atoms with E-state index in [0.717, 1.165) is 21.5 Å². The minimum atomic E-state index is 0.318. The molecule has 0 atom stereocenters. The van der Waals surface area contributed by atoms with Gasteiger partial charge in [-0.1, -0.05) is 13.8 Å². The second-order valence-electron chi connectivity index (χ2n) is 5.30. The van der Waals surface area contributed by atoms with Crippen LogP contribution >= 0.6 is 15.9 Å². The monoisotopic (exact) mass is 337 g/mol. The zero-order valence-electron chi connectivity index (χ0n) is 12.5. The maximum atomic E-state index is 4.67. The smallest absolute Gasteiger partial charge is 0.165 e. The summed E-state index contributed by atoms with van der Waals surface area (Å²) in [5.74, 6) is 1.82. The van der Waals surface area contributed by atoms with Crippen LogP contribution in [0.3, 0.4) is 0 Å². The summed E-state index contributed by atoms with van der Waals surface area (Å²) in [5.41, 5.74) is 1.93. The zero-order chi connectivity index (χ0) is 14.9. The number of rotatable bonds is 4. The standard InChI is InChI=1S/C14H20BrN5/c1-8(2)12-11(15)14(16-5)19-13(18-12)10-6-17-20(7-10)9(3)4/h6-9H,1-5H3,(H,16,18,19). The summed E-state index contributed by atoms with van der Waals surface area (Å²) in [6.07, 6.45) is 3.80. The molecule has 0 aliphatic rings. The van der Waals surface area contributed by atoms with Crippen molar-refractivity contribution in [2.45, 2.75) is 39.7 Å². The minimum Gasteiger partial charge on any atom is -0.372 e. The van der Waals surface area contributed by atoms with Gasteiger partial charge in [-0.05, 0) is 35.7 Å². The van der Waals surface area contributed by atoms with E-state index in [1.807, 2.05) is 24.1 Å². The molecule has 2 heterocycles. The summed E-state index contributed by atoms with van der Waals surface area (Å²) in [6.45, 7) is 8.43. The van der Waals surface area contributed by atoms with Crippen molar-refractivity contribution in [2.24, 2.45) is 0 Å². The van der Waals surface area contributed by atoms with Crippen molar-refractivity contribution in [3.05, 3.63) is 22.6 Å². The van der Waals surface area contributed by atoms with Crippen molar-refractivity contribution >= 4 is 21.7 Å². The van der Waals surface area contributed by atoms with Crippen LogP contribution in [-0.4, -0.2) is 26.8 Å². The molecule has 108 valence electrons. The van der Waals surface area contributed by atoms with Crippen molar-refractivity contribution in [3.8, 4) is 11.4 Å². The molecule has 2 aromatic heterocycles. The Morgan fingerprint density at radius 1 is 1.20 bits per heavy atom. The van der Waals surface area contributed by atoms with Crippen LogP contribution in [0.25, 0.3) is 11.4 Å². The first-order chi connectivity index (χ1) is 9.43. The number of aromatic nitrogens is 4. The third-order valence-corrected chi connectivity index (χ3v) is 3.83. The Kier molecular flexibility index (Phi) is 4.42. The van der Waals surface area contributed by atoms with E-state index in [-0.39, 0.29) is 0 Å². The van der Waals surface area contributed by atoms with Crippen LogP contribution in [0.2, 0.25) is 0 Å². The third kappa shape index (κ3) is 2.85. The van der Waals surface area contributed by atoms with Gasteiger partial charge in [0, 0.05) is 19.3 Å². The maximum absolute atomic E-state index is 4.67. The number of hydrogen-bond donors (Lipinski definition) is 1. The van der Waals surface area contributed by atoms with E-state index >= 15 is 0 Å². The lowest BCUT2D eigenvalue weighted by Gasteiger charge is -2.12. The van der Waals surface area contributed by atoms with Crippen molar-refractivity contribution in [2.75, 3.05) is 12.4 Å². The average Bonchev–Trinajstić information content (AvgIpc) is 2.88. The molecule has 0 radical (unpaired) electrons. The van der Waals surface area contributed by atoms with Gasteiger partial charge in [-0.25, -0.2) is 9.97 Å². The largest absolute Gasteiger partial charge is 0.372 e. The van der Waals surface area contributed by atoms with E-state index < -0.39 is 0 Å². The molecule has 2 aromatic rings. The van der Waals surface area contributed by atoms with Gasteiger partial charge >= 0.3 is 0 Å². The number of nitrogens with zero attached hydrogens (tertiary/aromatic N) is 4. The highest BCUT2D eigenvalue weighted by Gasteiger charge is 2.16. The first kappa shape index (κ1) is 15.0. The Hall–Kier alpha value is -1.43. The fraction of sp³-hybridized carbons (Fsp3) is 0.500. The van der Waals surface area contributed by atoms with Gasteiger partial charge in [-0.2, -0.15) is 5.10 Å². The molecule has 2 rings (SSSR count). The van der Waals surface area contributed by atoms with Crippen LogP contribution < -0.4 is 5.32 Å². The molecule has 0 amide bonds. The molecular formula is C14H20BrN5. The molecule has 0 saturated carbocycles. The predicted molar refractivity (Wildman–Crippen MR) is 85.0 cm³/mol. The molecule has 1 N–H and O–H groups in total. The van der Waals surface area contributed by atoms with Gasteiger partial charge in [0.05, 0.1) is 21.9 Å². The number of halogens is 1. The summed E-state index contributed by atoms with van der Waals surface area (Å²) in [5, 5.41) is 7.45. The Balaban J connectivity index is 2.53. The minimum absolute atomic E-state index is 0.318. The Morgan fingerprint density at radius 3 is 2.40 bits per heavy atom. The predicted octanol–water partition coefficient (Wildman–Crippen LogP) is 3.85. The highest BCUT2D eigenvalue weighted by Crippen LogP contribution is 2.31. The van der Waals surface area contributed by atoms with E-state index in [0.29, 0.717) is 17.8 Å². The molecule has 6 heteroatoms. The fourth-order valence-corrected chi connectivity index (χ4v) is 2.71. The van der Waals surface area contributed by atoms with Crippen molar-refractivity contribution in [3.63, 3.8) is 0 Å². The molecule has 0 fully saturated rings. The molecule has 0 spiro atoms. The summed E-state index contributed by atoms with van der Waals surface area (Å²) in [6, 6.07) is 0.326. The molecule has 0 bridgehead atoms. The molecule has 20 heavy (non-hydrogen) atoms. The van der Waals surface area contributed by atoms with Gasteiger partial charge in [0.2, 0.25) is 0 Å². The lowest BCUT2D eigenvalue weighted by Crippen LogP contribution is -2.04. The lowest BCUT2D eigenvalue weighted by atomic mass is 10.1. The molecule has 0 saturated heterocycles. The highest BCUT2D eigenvalue weighted by atomic mass is 79.9. The second-order valence-corrected chi connectivity index (χ2v) is 6.10. The van der Waals surface area contributed by atoms with Crippen LogP contribution in [0.1, 0.15) is 45.3 Å². The molecule has 0 aliphatic heterocycles. The number of hydrogen-bond acceptors (Lipinski definition) is 4. The molecule has 0 aromatic carbocycles. The third-order valence-electron chi connectivity index (χ3n) is 3.05. The highest BCUT2D eigenvalue weighted by molar-refractivity contribution is 9.10. The Morgan fingerprint density at radius 2 is 1.90 bits per heavy atom.